The van der Waals surface area contributed by atoms with Crippen molar-refractivity contribution in [1.82, 2.24) is 10.1 Å². The summed E-state index contributed by atoms with van der Waals surface area (Å²) in [6.45, 7) is 3.30. The van der Waals surface area contributed by atoms with Crippen molar-refractivity contribution in [2.24, 2.45) is 0 Å². The van der Waals surface area contributed by atoms with Gasteiger partial charge >= 0.3 is 6.18 Å². The molecule has 3 aromatic rings. The molecular formula is C21H15Cl2F3N2O2. The van der Waals surface area contributed by atoms with Crippen LogP contribution in [0.25, 0.3) is 17.3 Å². The van der Waals surface area contributed by atoms with Gasteiger partial charge in [0, 0.05) is 23.1 Å². The molecule has 1 saturated carbocycles. The zero-order valence-corrected chi connectivity index (χ0v) is 17.0. The molecule has 0 aliphatic heterocycles. The Bertz CT molecular complexity index is 1090. The van der Waals surface area contributed by atoms with Crippen molar-refractivity contribution in [3.63, 3.8) is 0 Å². The fourth-order valence-corrected chi connectivity index (χ4v) is 3.69. The Balaban J connectivity index is 1.69. The largest absolute Gasteiger partial charge is 0.473 e. The van der Waals surface area contributed by atoms with Crippen LogP contribution in [0.15, 0.2) is 41.4 Å². The van der Waals surface area contributed by atoms with Gasteiger partial charge in [0.05, 0.1) is 15.6 Å². The summed E-state index contributed by atoms with van der Waals surface area (Å²) in [4.78, 5) is 3.62. The van der Waals surface area contributed by atoms with Gasteiger partial charge in [-0.2, -0.15) is 13.2 Å². The van der Waals surface area contributed by atoms with Crippen LogP contribution in [0.5, 0.6) is 5.88 Å². The molecule has 1 fully saturated rings. The van der Waals surface area contributed by atoms with Gasteiger partial charge in [-0.05, 0) is 31.0 Å². The van der Waals surface area contributed by atoms with E-state index in [1.807, 2.05) is 0 Å². The van der Waals surface area contributed by atoms with Crippen molar-refractivity contribution in [3.05, 3.63) is 69.5 Å². The predicted octanol–water partition coefficient (Wildman–Crippen LogP) is 7.16. The van der Waals surface area contributed by atoms with Gasteiger partial charge in [-0.25, -0.2) is 4.98 Å². The number of hydrogen-bond acceptors (Lipinski definition) is 4. The molecule has 4 rings (SSSR count). The molecule has 1 aromatic carbocycles. The van der Waals surface area contributed by atoms with Crippen LogP contribution in [-0.2, 0) is 12.8 Å². The summed E-state index contributed by atoms with van der Waals surface area (Å²) in [5.74, 6) is 0.639. The summed E-state index contributed by atoms with van der Waals surface area (Å²) in [5, 5.41) is 4.89. The zero-order valence-electron chi connectivity index (χ0n) is 15.5. The maximum absolute atomic E-state index is 13.3. The van der Waals surface area contributed by atoms with Gasteiger partial charge in [0.2, 0.25) is 5.88 Å². The second-order valence-corrected chi connectivity index (χ2v) is 7.64. The van der Waals surface area contributed by atoms with Crippen molar-refractivity contribution >= 4 is 29.3 Å². The Hall–Kier alpha value is -2.51. The van der Waals surface area contributed by atoms with E-state index >= 15 is 0 Å². The average Bonchev–Trinajstić information content (AvgIpc) is 3.46. The minimum absolute atomic E-state index is 0.0933. The lowest BCUT2D eigenvalue weighted by Crippen LogP contribution is -2.11. The van der Waals surface area contributed by atoms with Gasteiger partial charge in [0.15, 0.2) is 5.69 Å². The van der Waals surface area contributed by atoms with Gasteiger partial charge in [-0.15, -0.1) is 0 Å². The highest BCUT2D eigenvalue weighted by atomic mass is 35.5. The van der Waals surface area contributed by atoms with E-state index in [1.54, 1.807) is 18.2 Å². The smallest absolute Gasteiger partial charge is 0.434 e. The van der Waals surface area contributed by atoms with Crippen LogP contribution in [0.4, 0.5) is 13.2 Å². The maximum Gasteiger partial charge on any atom is 0.434 e. The summed E-state index contributed by atoms with van der Waals surface area (Å²) in [6.07, 6.45) is -1.66. The second kappa shape index (κ2) is 7.96. The highest BCUT2D eigenvalue weighted by Gasteiger charge is 2.36. The monoisotopic (exact) mass is 454 g/mol. The molecule has 0 radical (unpaired) electrons. The second-order valence-electron chi connectivity index (χ2n) is 6.82. The summed E-state index contributed by atoms with van der Waals surface area (Å²) >= 11 is 12.6. The van der Waals surface area contributed by atoms with Crippen LogP contribution >= 0.6 is 23.2 Å². The van der Waals surface area contributed by atoms with E-state index < -0.39 is 11.9 Å². The third-order valence-corrected chi connectivity index (χ3v) is 5.35. The Morgan fingerprint density at radius 1 is 1.17 bits per heavy atom. The minimum atomic E-state index is -4.63. The number of benzene rings is 1. The van der Waals surface area contributed by atoms with Crippen molar-refractivity contribution in [2.45, 2.75) is 31.5 Å². The van der Waals surface area contributed by atoms with E-state index in [0.29, 0.717) is 32.6 Å². The molecule has 156 valence electrons. The first-order valence-electron chi connectivity index (χ1n) is 9.06. The first-order valence-corrected chi connectivity index (χ1v) is 9.81. The van der Waals surface area contributed by atoms with Crippen molar-refractivity contribution in [1.29, 1.82) is 0 Å². The number of alkyl halides is 3. The first-order chi connectivity index (χ1) is 14.3. The number of ether oxygens (including phenoxy) is 1. The molecule has 1 aliphatic rings. The molecule has 0 saturated heterocycles. The summed E-state index contributed by atoms with van der Waals surface area (Å²) in [6, 6.07) is 7.67. The Morgan fingerprint density at radius 2 is 1.87 bits per heavy atom. The normalized spacial score (nSPS) is 14.0. The summed E-state index contributed by atoms with van der Waals surface area (Å²) < 4.78 is 50.9. The van der Waals surface area contributed by atoms with Crippen LogP contribution < -0.4 is 4.74 Å². The Morgan fingerprint density at radius 3 is 2.47 bits per heavy atom. The SMILES string of the molecule is C=Cc1ccc(OCc2c(-c3c(Cl)cccc3Cl)noc2C2CC2)nc1C(F)(F)F. The zero-order chi connectivity index (χ0) is 21.5. The number of pyridine rings is 1. The van der Waals surface area contributed by atoms with Crippen LogP contribution in [0.1, 0.15) is 41.3 Å². The first kappa shape index (κ1) is 20.8. The highest BCUT2D eigenvalue weighted by molar-refractivity contribution is 6.39. The molecule has 30 heavy (non-hydrogen) atoms. The molecule has 1 aliphatic carbocycles. The van der Waals surface area contributed by atoms with Crippen LogP contribution in [0, 0.1) is 0 Å². The molecule has 0 spiro atoms. The molecule has 0 bridgehead atoms. The number of halogens is 5. The molecule has 9 heteroatoms. The Kier molecular flexibility index (Phi) is 5.51. The molecule has 0 amide bonds. The van der Waals surface area contributed by atoms with E-state index in [-0.39, 0.29) is 24.0 Å². The topological polar surface area (TPSA) is 48.2 Å². The fraction of sp³-hybridized carbons (Fsp3) is 0.238. The van der Waals surface area contributed by atoms with Gasteiger partial charge in [-0.1, -0.05) is 47.1 Å². The van der Waals surface area contributed by atoms with Gasteiger partial charge < -0.3 is 9.26 Å². The lowest BCUT2D eigenvalue weighted by atomic mass is 10.0. The maximum atomic E-state index is 13.3. The fourth-order valence-electron chi connectivity index (χ4n) is 3.12. The lowest BCUT2D eigenvalue weighted by molar-refractivity contribution is -0.141. The number of rotatable bonds is 6. The van der Waals surface area contributed by atoms with E-state index in [4.69, 9.17) is 32.5 Å². The number of hydrogen-bond donors (Lipinski definition) is 0. The van der Waals surface area contributed by atoms with Gasteiger partial charge in [-0.3, -0.25) is 0 Å². The molecule has 4 nitrogen and oxygen atoms in total. The Labute approximate surface area is 180 Å². The van der Waals surface area contributed by atoms with Crippen LogP contribution in [-0.4, -0.2) is 10.1 Å². The molecule has 2 aromatic heterocycles. The predicted molar refractivity (Wildman–Crippen MR) is 108 cm³/mol. The average molecular weight is 455 g/mol. The van der Waals surface area contributed by atoms with E-state index in [0.717, 1.165) is 18.9 Å². The quantitative estimate of drug-likeness (QED) is 0.396. The lowest BCUT2D eigenvalue weighted by Gasteiger charge is -2.12. The van der Waals surface area contributed by atoms with Gasteiger partial charge in [0.25, 0.3) is 0 Å². The minimum Gasteiger partial charge on any atom is -0.473 e. The van der Waals surface area contributed by atoms with E-state index in [2.05, 4.69) is 16.7 Å². The van der Waals surface area contributed by atoms with Crippen molar-refractivity contribution in [3.8, 4) is 17.1 Å². The third-order valence-electron chi connectivity index (χ3n) is 4.72. The standard InChI is InChI=1S/C21H15Cl2F3N2O2/c1-2-11-8-9-16(27-20(11)21(24,25)26)29-10-13-18(28-30-19(13)12-6-7-12)17-14(22)4-3-5-15(17)23/h2-5,8-9,12H,1,6-7,10H2. The molecule has 2 heterocycles. The molecule has 0 unspecified atom stereocenters. The van der Waals surface area contributed by atoms with E-state index in [9.17, 15) is 13.2 Å². The van der Waals surface area contributed by atoms with E-state index in [1.165, 1.54) is 12.1 Å². The highest BCUT2D eigenvalue weighted by Crippen LogP contribution is 2.46. The summed E-state index contributed by atoms with van der Waals surface area (Å²) in [7, 11) is 0. The van der Waals surface area contributed by atoms with Crippen molar-refractivity contribution in [2.75, 3.05) is 0 Å². The van der Waals surface area contributed by atoms with Crippen LogP contribution in [0.2, 0.25) is 10.0 Å². The molecule has 0 N–H and O–H groups in total. The number of nitrogens with zero attached hydrogens (tertiary/aromatic N) is 2. The van der Waals surface area contributed by atoms with Crippen LogP contribution in [0.3, 0.4) is 0 Å². The molecular weight excluding hydrogens is 440 g/mol. The van der Waals surface area contributed by atoms with Crippen molar-refractivity contribution < 1.29 is 22.4 Å². The molecule has 0 atom stereocenters. The summed E-state index contributed by atoms with van der Waals surface area (Å²) in [5.41, 5.74) is 0.307. The third kappa shape index (κ3) is 4.04. The van der Waals surface area contributed by atoms with Gasteiger partial charge in [0.1, 0.15) is 18.1 Å². The number of aromatic nitrogens is 2.